The van der Waals surface area contributed by atoms with E-state index in [0.717, 1.165) is 11.6 Å². The molecule has 0 bridgehead atoms. The van der Waals surface area contributed by atoms with E-state index < -0.39 is 29.8 Å². The average Bonchev–Trinajstić information content (AvgIpc) is 4.08. The van der Waals surface area contributed by atoms with Crippen molar-refractivity contribution in [2.45, 2.75) is 6.61 Å². The van der Waals surface area contributed by atoms with E-state index in [0.29, 0.717) is 66.4 Å². The fraction of sp³-hybridized carbons (Fsp3) is 0.0625. The van der Waals surface area contributed by atoms with Crippen LogP contribution in [0.1, 0.15) is 5.56 Å². The molecule has 354 valence electrons. The molecule has 4 aromatic heterocycles. The normalized spacial score (nSPS) is 10.6. The Bertz CT molecular complexity index is 3300. The van der Waals surface area contributed by atoms with Crippen molar-refractivity contribution in [1.82, 2.24) is 19.9 Å². The predicted molar refractivity (Wildman–Crippen MR) is 264 cm³/mol. The Morgan fingerprint density at radius 3 is 1.59 bits per heavy atom. The van der Waals surface area contributed by atoms with Gasteiger partial charge in [-0.15, -0.1) is 22.7 Å². The van der Waals surface area contributed by atoms with E-state index in [9.17, 15) is 23.2 Å². The van der Waals surface area contributed by atoms with Gasteiger partial charge in [0.2, 0.25) is 0 Å². The maximum atomic E-state index is 14.8. The number of carbonyl (C=O) groups is 3. The molecule has 0 radical (unpaired) electrons. The average molecular weight is 985 g/mol. The first-order valence-electron chi connectivity index (χ1n) is 20.6. The lowest BCUT2D eigenvalue weighted by Gasteiger charge is -2.14. The van der Waals surface area contributed by atoms with Crippen LogP contribution in [0, 0.1) is 11.6 Å². The summed E-state index contributed by atoms with van der Waals surface area (Å²) in [6, 6.07) is 26.2. The quantitative estimate of drug-likeness (QED) is 0.0591. The Morgan fingerprint density at radius 2 is 1.09 bits per heavy atom. The number of benzene rings is 5. The summed E-state index contributed by atoms with van der Waals surface area (Å²) in [6.07, 6.45) is 5.54. The van der Waals surface area contributed by atoms with E-state index in [-0.39, 0.29) is 29.5 Å². The van der Waals surface area contributed by atoms with E-state index in [1.165, 1.54) is 67.4 Å². The minimum Gasteiger partial charge on any atom is -0.495 e. The van der Waals surface area contributed by atoms with Crippen LogP contribution in [-0.2, 0) is 11.3 Å². The SMILES string of the molecule is COc1cc2nccc(Oc3ccc(NC(=O)Nc4nccs4)c(F)c3)c2cc1N.COc1cc2nccc(Oc3ccc(NC(=O)Nc4nccs4)c(F)c3)c2cc1NC(=O)OCc1ccccc1. The molecule has 70 heavy (non-hydrogen) atoms. The Kier molecular flexibility index (Phi) is 14.9. The summed E-state index contributed by atoms with van der Waals surface area (Å²) in [7, 11) is 2.99. The number of thiazole rings is 2. The number of nitrogens with one attached hydrogen (secondary N) is 5. The standard InChI is InChI=1S/C28H22FN5O5S.C20H16FN5O3S/c1-37-25-15-22-19(14-23(25)33-28(36)38-16-17-5-3-2-4-6-17)24(9-10-30-22)39-18-7-8-21(20(29)13-18)32-26(35)34-27-31-11-12-40-27;1-28-18-10-16-12(9-14(18)22)17(4-5-23-16)29-11-2-3-15(13(21)8-11)25-19(27)26-20-24-6-7-30-20/h2-15H,16H2,1H3,(H,33,36)(H2,31,32,34,35);2-10H,22H2,1H3,(H2,24,25,26,27). The summed E-state index contributed by atoms with van der Waals surface area (Å²) < 4.78 is 57.0. The minimum atomic E-state index is -0.699. The van der Waals surface area contributed by atoms with Gasteiger partial charge in [0.15, 0.2) is 10.3 Å². The van der Waals surface area contributed by atoms with Gasteiger partial charge in [-0.05, 0) is 54.1 Å². The van der Waals surface area contributed by atoms with Crippen molar-refractivity contribution in [3.05, 3.63) is 156 Å². The number of nitrogens with zero attached hydrogens (tertiary/aromatic N) is 4. The van der Waals surface area contributed by atoms with Gasteiger partial charge in [-0.2, -0.15) is 0 Å². The van der Waals surface area contributed by atoms with Crippen LogP contribution in [0.25, 0.3) is 21.8 Å². The fourth-order valence-electron chi connectivity index (χ4n) is 6.45. The van der Waals surface area contributed by atoms with Crippen molar-refractivity contribution >= 4 is 95.6 Å². The summed E-state index contributed by atoms with van der Waals surface area (Å²) in [6.45, 7) is 0.0987. The van der Waals surface area contributed by atoms with Gasteiger partial charge < -0.3 is 40.1 Å². The number of rotatable bonds is 13. The molecular formula is C48H38F2N10O8S2. The fourth-order valence-corrected chi connectivity index (χ4v) is 7.50. The zero-order valence-electron chi connectivity index (χ0n) is 36.7. The van der Waals surface area contributed by atoms with Crippen molar-refractivity contribution in [2.24, 2.45) is 0 Å². The second-order valence-corrected chi connectivity index (χ2v) is 16.1. The topological polar surface area (TPSA) is 235 Å². The number of hydrogen-bond donors (Lipinski definition) is 6. The third kappa shape index (κ3) is 12.0. The molecular weight excluding hydrogens is 947 g/mol. The number of nitrogens with two attached hydrogens (primary N) is 1. The van der Waals surface area contributed by atoms with Gasteiger partial charge in [-0.25, -0.2) is 33.1 Å². The van der Waals surface area contributed by atoms with Gasteiger partial charge in [0.05, 0.1) is 48.0 Å². The van der Waals surface area contributed by atoms with E-state index in [1.54, 1.807) is 71.8 Å². The predicted octanol–water partition coefficient (Wildman–Crippen LogP) is 11.9. The molecule has 9 rings (SSSR count). The van der Waals surface area contributed by atoms with E-state index in [2.05, 4.69) is 46.5 Å². The molecule has 0 aliphatic rings. The number of halogens is 2. The highest BCUT2D eigenvalue weighted by Crippen LogP contribution is 2.38. The van der Waals surface area contributed by atoms with Crippen LogP contribution < -0.4 is 51.3 Å². The van der Waals surface area contributed by atoms with Crippen molar-refractivity contribution < 1.29 is 46.8 Å². The first-order chi connectivity index (χ1) is 34.0. The number of nitrogen functional groups attached to an aromatic ring is 1. The number of anilines is 6. The molecule has 0 aliphatic heterocycles. The molecule has 0 saturated heterocycles. The molecule has 0 atom stereocenters. The smallest absolute Gasteiger partial charge is 0.412 e. The second-order valence-electron chi connectivity index (χ2n) is 14.3. The number of fused-ring (bicyclic) bond motifs is 2. The highest BCUT2D eigenvalue weighted by molar-refractivity contribution is 7.14. The van der Waals surface area contributed by atoms with Crippen LogP contribution >= 0.6 is 22.7 Å². The Hall–Kier alpha value is -9.15. The van der Waals surface area contributed by atoms with Crippen LogP contribution in [0.15, 0.2) is 139 Å². The van der Waals surface area contributed by atoms with E-state index in [1.807, 2.05) is 30.3 Å². The summed E-state index contributed by atoms with van der Waals surface area (Å²) in [5, 5.41) is 18.0. The lowest BCUT2D eigenvalue weighted by atomic mass is 10.1. The van der Waals surface area contributed by atoms with Crippen molar-refractivity contribution in [1.29, 1.82) is 0 Å². The van der Waals surface area contributed by atoms with Gasteiger partial charge in [0, 0.05) is 70.6 Å². The third-order valence-electron chi connectivity index (χ3n) is 9.66. The van der Waals surface area contributed by atoms with Gasteiger partial charge in [-0.3, -0.25) is 25.9 Å². The molecule has 22 heteroatoms. The zero-order chi connectivity index (χ0) is 49.0. The maximum absolute atomic E-state index is 14.8. The largest absolute Gasteiger partial charge is 0.495 e. The summed E-state index contributed by atoms with van der Waals surface area (Å²) in [4.78, 5) is 53.1. The second kappa shape index (κ2) is 22.1. The molecule has 18 nitrogen and oxygen atoms in total. The first kappa shape index (κ1) is 47.3. The first-order valence-corrected chi connectivity index (χ1v) is 22.3. The molecule has 0 aliphatic carbocycles. The summed E-state index contributed by atoms with van der Waals surface area (Å²) >= 11 is 2.49. The zero-order valence-corrected chi connectivity index (χ0v) is 38.3. The van der Waals surface area contributed by atoms with Gasteiger partial charge in [0.25, 0.3) is 0 Å². The minimum absolute atomic E-state index is 0.00460. The summed E-state index contributed by atoms with van der Waals surface area (Å²) in [5.74, 6) is 0.766. The lowest BCUT2D eigenvalue weighted by Crippen LogP contribution is -2.19. The number of carbonyl (C=O) groups excluding carboxylic acids is 3. The molecule has 5 amide bonds. The molecule has 5 aromatic carbocycles. The number of ether oxygens (including phenoxy) is 5. The molecule has 9 aromatic rings. The maximum Gasteiger partial charge on any atom is 0.412 e. The molecule has 0 fully saturated rings. The van der Waals surface area contributed by atoms with Crippen molar-refractivity contribution in [2.75, 3.05) is 46.5 Å². The van der Waals surface area contributed by atoms with Crippen LogP contribution in [0.5, 0.6) is 34.5 Å². The summed E-state index contributed by atoms with van der Waals surface area (Å²) in [5.41, 5.74) is 8.70. The highest BCUT2D eigenvalue weighted by Gasteiger charge is 2.17. The number of pyridine rings is 2. The number of hydrogen-bond acceptors (Lipinski definition) is 15. The molecule has 0 unspecified atom stereocenters. The van der Waals surface area contributed by atoms with Gasteiger partial charge in [-0.1, -0.05) is 30.3 Å². The molecule has 7 N–H and O–H groups in total. The van der Waals surface area contributed by atoms with Gasteiger partial charge in [0.1, 0.15) is 52.7 Å². The van der Waals surface area contributed by atoms with E-state index >= 15 is 0 Å². The Balaban J connectivity index is 0.000000196. The number of aromatic nitrogens is 4. The highest BCUT2D eigenvalue weighted by atomic mass is 32.1. The molecule has 4 heterocycles. The number of methoxy groups -OCH3 is 2. The van der Waals surface area contributed by atoms with Crippen LogP contribution in [0.3, 0.4) is 0 Å². The Morgan fingerprint density at radius 1 is 0.557 bits per heavy atom. The van der Waals surface area contributed by atoms with Crippen molar-refractivity contribution in [3.8, 4) is 34.5 Å². The Labute approximate surface area is 404 Å². The van der Waals surface area contributed by atoms with Crippen LogP contribution in [0.4, 0.5) is 56.2 Å². The van der Waals surface area contributed by atoms with E-state index in [4.69, 9.17) is 29.4 Å². The molecule has 0 spiro atoms. The van der Waals surface area contributed by atoms with Crippen LogP contribution in [-0.4, -0.2) is 52.3 Å². The van der Waals surface area contributed by atoms with Crippen LogP contribution in [0.2, 0.25) is 0 Å². The lowest BCUT2D eigenvalue weighted by molar-refractivity contribution is 0.155. The van der Waals surface area contributed by atoms with Gasteiger partial charge >= 0.3 is 18.2 Å². The monoisotopic (exact) mass is 984 g/mol. The number of urea groups is 2. The molecule has 0 saturated carbocycles. The van der Waals surface area contributed by atoms with Crippen molar-refractivity contribution in [3.63, 3.8) is 0 Å². The third-order valence-corrected chi connectivity index (χ3v) is 11.0. The number of amides is 5.